The van der Waals surface area contributed by atoms with Crippen molar-refractivity contribution in [2.45, 2.75) is 6.54 Å². The first-order valence-electron chi connectivity index (χ1n) is 7.95. The number of hydrogen-bond donors (Lipinski definition) is 0. The fourth-order valence-corrected chi connectivity index (χ4v) is 2.52. The highest BCUT2D eigenvalue weighted by atomic mass is 16.5. The van der Waals surface area contributed by atoms with Gasteiger partial charge < -0.3 is 4.74 Å². The van der Waals surface area contributed by atoms with Gasteiger partial charge in [0.2, 0.25) is 0 Å². The van der Waals surface area contributed by atoms with Crippen LogP contribution in [-0.2, 0) is 6.54 Å². The summed E-state index contributed by atoms with van der Waals surface area (Å²) in [5.41, 5.74) is 2.48. The second kappa shape index (κ2) is 7.06. The van der Waals surface area contributed by atoms with Crippen LogP contribution in [0.1, 0.15) is 5.56 Å². The van der Waals surface area contributed by atoms with Crippen molar-refractivity contribution >= 4 is 16.9 Å². The Morgan fingerprint density at radius 1 is 1.12 bits per heavy atom. The molecule has 8 nitrogen and oxygen atoms in total. The lowest BCUT2D eigenvalue weighted by atomic mass is 10.3. The Kier molecular flexibility index (Phi) is 4.29. The van der Waals surface area contributed by atoms with E-state index in [1.165, 1.54) is 6.33 Å². The number of aromatic nitrogens is 5. The number of pyridine rings is 1. The minimum Gasteiger partial charge on any atom is -0.497 e. The summed E-state index contributed by atoms with van der Waals surface area (Å²) in [5, 5.41) is 13.6. The van der Waals surface area contributed by atoms with Gasteiger partial charge in [0.15, 0.2) is 11.5 Å². The number of rotatable bonds is 5. The molecule has 0 amide bonds. The van der Waals surface area contributed by atoms with Gasteiger partial charge in [-0.3, -0.25) is 4.98 Å². The molecule has 26 heavy (non-hydrogen) atoms. The molecule has 0 radical (unpaired) electrons. The number of fused-ring (bicyclic) bond motifs is 1. The third kappa shape index (κ3) is 3.12. The van der Waals surface area contributed by atoms with Crippen LogP contribution in [0.5, 0.6) is 5.75 Å². The van der Waals surface area contributed by atoms with Crippen molar-refractivity contribution in [1.29, 1.82) is 0 Å². The molecular weight excluding hydrogens is 330 g/mol. The Morgan fingerprint density at radius 2 is 2.08 bits per heavy atom. The number of nitrogens with zero attached hydrogens (tertiary/aromatic N) is 7. The first kappa shape index (κ1) is 15.8. The summed E-state index contributed by atoms with van der Waals surface area (Å²) >= 11 is 0. The summed E-state index contributed by atoms with van der Waals surface area (Å²) in [7, 11) is 1.63. The van der Waals surface area contributed by atoms with Crippen LogP contribution in [-0.4, -0.2) is 31.8 Å². The molecule has 0 N–H and O–H groups in total. The first-order valence-corrected chi connectivity index (χ1v) is 7.95. The summed E-state index contributed by atoms with van der Waals surface area (Å²) in [5.74, 6) is 1.23. The molecule has 0 saturated carbocycles. The van der Waals surface area contributed by atoms with Crippen molar-refractivity contribution in [3.63, 3.8) is 0 Å². The highest BCUT2D eigenvalue weighted by Gasteiger charge is 2.11. The number of hydrogen-bond acceptors (Lipinski definition) is 7. The fraction of sp³-hybridized carbons (Fsp3) is 0.111. The molecule has 0 unspecified atom stereocenters. The number of methoxy groups -OCH3 is 1. The van der Waals surface area contributed by atoms with Crippen LogP contribution in [0.15, 0.2) is 71.5 Å². The molecule has 0 aliphatic heterocycles. The highest BCUT2D eigenvalue weighted by molar-refractivity contribution is 5.85. The van der Waals surface area contributed by atoms with Gasteiger partial charge in [-0.2, -0.15) is 10.2 Å². The predicted octanol–water partition coefficient (Wildman–Crippen LogP) is 3.50. The number of ether oxygens (including phenoxy) is 1. The van der Waals surface area contributed by atoms with Gasteiger partial charge in [-0.15, -0.1) is 5.11 Å². The van der Waals surface area contributed by atoms with E-state index in [4.69, 9.17) is 4.74 Å². The van der Waals surface area contributed by atoms with E-state index in [0.717, 1.165) is 22.4 Å². The lowest BCUT2D eigenvalue weighted by Gasteiger charge is -2.05. The topological polar surface area (TPSA) is 90.4 Å². The lowest BCUT2D eigenvalue weighted by molar-refractivity contribution is 0.414. The van der Waals surface area contributed by atoms with E-state index in [-0.39, 0.29) is 0 Å². The summed E-state index contributed by atoms with van der Waals surface area (Å²) in [6.45, 7) is 0.434. The fourth-order valence-electron chi connectivity index (χ4n) is 2.52. The quantitative estimate of drug-likeness (QED) is 0.516. The molecule has 3 heterocycles. The molecule has 0 aliphatic rings. The summed E-state index contributed by atoms with van der Waals surface area (Å²) < 4.78 is 6.99. The Labute approximate surface area is 149 Å². The van der Waals surface area contributed by atoms with Crippen LogP contribution < -0.4 is 4.74 Å². The average Bonchev–Trinajstić information content (AvgIpc) is 3.14. The van der Waals surface area contributed by atoms with E-state index in [1.54, 1.807) is 30.4 Å². The minimum absolute atomic E-state index is 0.434. The predicted molar refractivity (Wildman–Crippen MR) is 95.7 cm³/mol. The van der Waals surface area contributed by atoms with Crippen LogP contribution in [0.3, 0.4) is 0 Å². The zero-order valence-corrected chi connectivity index (χ0v) is 14.0. The van der Waals surface area contributed by atoms with E-state index >= 15 is 0 Å². The van der Waals surface area contributed by atoms with Gasteiger partial charge in [0.1, 0.15) is 12.1 Å². The Balaban J connectivity index is 1.66. The van der Waals surface area contributed by atoms with Crippen molar-refractivity contribution in [2.24, 2.45) is 10.2 Å². The minimum atomic E-state index is 0.434. The van der Waals surface area contributed by atoms with Gasteiger partial charge in [-0.1, -0.05) is 12.1 Å². The highest BCUT2D eigenvalue weighted by Crippen LogP contribution is 2.25. The SMILES string of the molecule is COc1cccc(-n2ncc3c(N=NCc4cccnc4)ncnc32)c1. The molecule has 3 aromatic heterocycles. The maximum Gasteiger partial charge on any atom is 0.188 e. The maximum atomic E-state index is 5.27. The molecule has 0 saturated heterocycles. The Morgan fingerprint density at radius 3 is 2.92 bits per heavy atom. The molecule has 1 aromatic carbocycles. The zero-order valence-electron chi connectivity index (χ0n) is 14.0. The second-order valence-electron chi connectivity index (χ2n) is 5.45. The monoisotopic (exact) mass is 345 g/mol. The summed E-state index contributed by atoms with van der Waals surface area (Å²) in [6, 6.07) is 11.4. The van der Waals surface area contributed by atoms with E-state index in [2.05, 4.69) is 30.3 Å². The van der Waals surface area contributed by atoms with Crippen molar-refractivity contribution in [3.8, 4) is 11.4 Å². The third-order valence-electron chi connectivity index (χ3n) is 3.78. The van der Waals surface area contributed by atoms with Crippen LogP contribution in [0, 0.1) is 0 Å². The van der Waals surface area contributed by atoms with E-state index in [1.807, 2.05) is 36.4 Å². The second-order valence-corrected chi connectivity index (χ2v) is 5.45. The molecule has 4 rings (SSSR count). The number of benzene rings is 1. The maximum absolute atomic E-state index is 5.27. The number of azo groups is 1. The van der Waals surface area contributed by atoms with E-state index in [9.17, 15) is 0 Å². The molecule has 4 aromatic rings. The van der Waals surface area contributed by atoms with Crippen molar-refractivity contribution in [2.75, 3.05) is 7.11 Å². The molecule has 0 spiro atoms. The van der Waals surface area contributed by atoms with Crippen LogP contribution in [0.2, 0.25) is 0 Å². The van der Waals surface area contributed by atoms with Gasteiger partial charge in [0.05, 0.1) is 30.9 Å². The summed E-state index contributed by atoms with van der Waals surface area (Å²) in [4.78, 5) is 12.6. The standard InChI is InChI=1S/C18H15N7O/c1-26-15-6-2-5-14(8-15)25-18-16(11-23-25)17(20-12-21-18)24-22-10-13-4-3-7-19-9-13/h2-9,11-12H,10H2,1H3. The van der Waals surface area contributed by atoms with Crippen LogP contribution in [0.25, 0.3) is 16.7 Å². The first-order chi connectivity index (χ1) is 12.8. The average molecular weight is 345 g/mol. The molecule has 128 valence electrons. The van der Waals surface area contributed by atoms with E-state index in [0.29, 0.717) is 18.0 Å². The van der Waals surface area contributed by atoms with Crippen LogP contribution >= 0.6 is 0 Å². The summed E-state index contributed by atoms with van der Waals surface area (Å²) in [6.07, 6.45) is 6.63. The molecule has 8 heteroatoms. The smallest absolute Gasteiger partial charge is 0.188 e. The van der Waals surface area contributed by atoms with Crippen molar-refractivity contribution < 1.29 is 4.74 Å². The van der Waals surface area contributed by atoms with E-state index < -0.39 is 0 Å². The van der Waals surface area contributed by atoms with Crippen molar-refractivity contribution in [3.05, 3.63) is 66.9 Å². The van der Waals surface area contributed by atoms with Crippen molar-refractivity contribution in [1.82, 2.24) is 24.7 Å². The Hall–Kier alpha value is -3.68. The van der Waals surface area contributed by atoms with Gasteiger partial charge in [0, 0.05) is 18.5 Å². The zero-order chi connectivity index (χ0) is 17.8. The van der Waals surface area contributed by atoms with Gasteiger partial charge >= 0.3 is 0 Å². The molecule has 0 bridgehead atoms. The normalized spacial score (nSPS) is 11.3. The molecular formula is C18H15N7O. The largest absolute Gasteiger partial charge is 0.497 e. The Bertz CT molecular complexity index is 1060. The third-order valence-corrected chi connectivity index (χ3v) is 3.78. The molecule has 0 fully saturated rings. The molecule has 0 aliphatic carbocycles. The molecule has 0 atom stereocenters. The van der Waals surface area contributed by atoms with Gasteiger partial charge in [-0.25, -0.2) is 14.6 Å². The van der Waals surface area contributed by atoms with Gasteiger partial charge in [0.25, 0.3) is 0 Å². The lowest BCUT2D eigenvalue weighted by Crippen LogP contribution is -1.98. The van der Waals surface area contributed by atoms with Crippen LogP contribution in [0.4, 0.5) is 5.82 Å². The van der Waals surface area contributed by atoms with Gasteiger partial charge in [-0.05, 0) is 23.8 Å².